The number of fused-ring (bicyclic) bond motifs is 1. The second kappa shape index (κ2) is 8.55. The summed E-state index contributed by atoms with van der Waals surface area (Å²) in [4.78, 5) is 18.8. The summed E-state index contributed by atoms with van der Waals surface area (Å²) in [5, 5.41) is 0.459. The molecule has 1 aliphatic heterocycles. The van der Waals surface area contributed by atoms with Crippen LogP contribution in [0.3, 0.4) is 0 Å². The molecule has 1 N–H and O–H groups in total. The maximum atomic E-state index is 12.8. The number of nitrogens with zero attached hydrogens (tertiary/aromatic N) is 3. The van der Waals surface area contributed by atoms with E-state index in [2.05, 4.69) is 9.71 Å². The van der Waals surface area contributed by atoms with Gasteiger partial charge in [-0.15, -0.1) is 0 Å². The van der Waals surface area contributed by atoms with Crippen LogP contribution in [0.25, 0.3) is 0 Å². The van der Waals surface area contributed by atoms with E-state index in [-0.39, 0.29) is 14.9 Å². The average Bonchev–Trinajstić information content (AvgIpc) is 3.31. The van der Waals surface area contributed by atoms with Crippen LogP contribution in [0.1, 0.15) is 26.3 Å². The first kappa shape index (κ1) is 23.4. The van der Waals surface area contributed by atoms with Crippen LogP contribution in [0.4, 0.5) is 22.1 Å². The minimum absolute atomic E-state index is 0.0264. The van der Waals surface area contributed by atoms with Gasteiger partial charge >= 0.3 is 6.09 Å². The summed E-state index contributed by atoms with van der Waals surface area (Å²) >= 11 is 11.9. The molecule has 0 amide bonds. The molecule has 0 radical (unpaired) electrons. The van der Waals surface area contributed by atoms with Crippen LogP contribution >= 0.6 is 23.2 Å². The number of halogens is 2. The molecule has 1 aromatic heterocycles. The van der Waals surface area contributed by atoms with E-state index < -0.39 is 21.7 Å². The molecule has 0 spiro atoms. The number of benzene rings is 2. The van der Waals surface area contributed by atoms with Crippen molar-refractivity contribution >= 4 is 56.6 Å². The van der Waals surface area contributed by atoms with Crippen molar-refractivity contribution in [2.45, 2.75) is 37.7 Å². The van der Waals surface area contributed by atoms with Gasteiger partial charge in [0.15, 0.2) is 0 Å². The van der Waals surface area contributed by atoms with Gasteiger partial charge in [-0.2, -0.15) is 0 Å². The Morgan fingerprint density at radius 3 is 2.48 bits per heavy atom. The molecule has 2 aromatic carbocycles. The second-order valence-electron chi connectivity index (χ2n) is 8.53. The number of nitrogens with one attached hydrogen (secondary N) is 1. The maximum Gasteiger partial charge on any atom is 0.421 e. The summed E-state index contributed by atoms with van der Waals surface area (Å²) in [5.41, 5.74) is 1.51. The lowest BCUT2D eigenvalue weighted by Gasteiger charge is -2.23. The zero-order valence-electron chi connectivity index (χ0n) is 18.2. The van der Waals surface area contributed by atoms with Crippen molar-refractivity contribution in [3.63, 3.8) is 0 Å². The Bertz CT molecular complexity index is 1310. The van der Waals surface area contributed by atoms with Gasteiger partial charge in [0.25, 0.3) is 10.0 Å². The third-order valence-corrected chi connectivity index (χ3v) is 6.62. The lowest BCUT2D eigenvalue weighted by atomic mass is 10.1. The van der Waals surface area contributed by atoms with Gasteiger partial charge in [0.05, 0.1) is 4.90 Å². The molecule has 4 rings (SSSR count). The fourth-order valence-electron chi connectivity index (χ4n) is 3.52. The monoisotopic (exact) mass is 508 g/mol. The molecule has 3 aromatic rings. The van der Waals surface area contributed by atoms with Crippen LogP contribution in [0.15, 0.2) is 53.7 Å². The Balaban J connectivity index is 1.59. The van der Waals surface area contributed by atoms with Gasteiger partial charge in [-0.05, 0) is 69.2 Å². The number of aromatic nitrogens is 2. The van der Waals surface area contributed by atoms with Crippen LogP contribution in [-0.4, -0.2) is 36.2 Å². The lowest BCUT2D eigenvalue weighted by molar-refractivity contribution is 0.0539. The Kier molecular flexibility index (Phi) is 6.07. The maximum absolute atomic E-state index is 12.8. The predicted octanol–water partition coefficient (Wildman–Crippen LogP) is 5.47. The Labute approximate surface area is 202 Å². The predicted molar refractivity (Wildman–Crippen MR) is 128 cm³/mol. The van der Waals surface area contributed by atoms with Crippen molar-refractivity contribution in [3.05, 3.63) is 64.4 Å². The summed E-state index contributed by atoms with van der Waals surface area (Å²) in [6, 6.07) is 9.34. The van der Waals surface area contributed by atoms with Gasteiger partial charge in [0.2, 0.25) is 5.95 Å². The first-order valence-electron chi connectivity index (χ1n) is 10.1. The first-order valence-corrected chi connectivity index (χ1v) is 12.3. The van der Waals surface area contributed by atoms with Crippen LogP contribution in [0, 0.1) is 0 Å². The minimum Gasteiger partial charge on any atom is -0.443 e. The minimum atomic E-state index is -3.88. The Morgan fingerprint density at radius 2 is 1.82 bits per heavy atom. The summed E-state index contributed by atoms with van der Waals surface area (Å²) in [6.07, 6.45) is 3.22. The summed E-state index contributed by atoms with van der Waals surface area (Å²) in [7, 11) is -3.88. The molecule has 0 unspecified atom stereocenters. The van der Waals surface area contributed by atoms with E-state index in [1.807, 2.05) is 4.90 Å². The molecule has 0 bridgehead atoms. The van der Waals surface area contributed by atoms with Gasteiger partial charge in [-0.25, -0.2) is 22.8 Å². The standard InChI is InChI=1S/C22H22Cl2N4O4S/c1-22(2,3)32-21(29)28-9-7-25-20(28)27-8-6-14-10-17(4-5-19(14)27)26-33(30,31)18-12-15(23)11-16(24)13-18/h4-5,7,9-13,26H,6,8H2,1-3H3. The van der Waals surface area contributed by atoms with Gasteiger partial charge in [-0.1, -0.05) is 23.2 Å². The first-order chi connectivity index (χ1) is 15.4. The number of carbonyl (C=O) groups is 1. The van der Waals surface area contributed by atoms with Gasteiger partial charge in [-0.3, -0.25) is 4.72 Å². The smallest absolute Gasteiger partial charge is 0.421 e. The molecular formula is C22H22Cl2N4O4S. The van der Waals surface area contributed by atoms with Crippen molar-refractivity contribution in [2.24, 2.45) is 0 Å². The lowest BCUT2D eigenvalue weighted by Crippen LogP contribution is -2.29. The molecule has 174 valence electrons. The van der Waals surface area contributed by atoms with Gasteiger partial charge in [0, 0.05) is 40.4 Å². The zero-order chi connectivity index (χ0) is 24.0. The molecule has 8 nitrogen and oxygen atoms in total. The highest BCUT2D eigenvalue weighted by Gasteiger charge is 2.28. The van der Waals surface area contributed by atoms with Gasteiger partial charge < -0.3 is 9.64 Å². The van der Waals surface area contributed by atoms with Crippen LogP contribution in [0.5, 0.6) is 0 Å². The number of anilines is 3. The van der Waals surface area contributed by atoms with E-state index in [0.29, 0.717) is 24.6 Å². The highest BCUT2D eigenvalue weighted by atomic mass is 35.5. The second-order valence-corrected chi connectivity index (χ2v) is 11.1. The molecule has 2 heterocycles. The number of ether oxygens (including phenoxy) is 1. The molecule has 0 saturated heterocycles. The normalized spacial score (nSPS) is 13.7. The largest absolute Gasteiger partial charge is 0.443 e. The van der Waals surface area contributed by atoms with E-state index >= 15 is 0 Å². The molecule has 0 atom stereocenters. The molecule has 1 aliphatic rings. The summed E-state index contributed by atoms with van der Waals surface area (Å²) < 4.78 is 35.0. The van der Waals surface area contributed by atoms with Crippen molar-refractivity contribution in [1.29, 1.82) is 0 Å². The van der Waals surface area contributed by atoms with E-state index in [9.17, 15) is 13.2 Å². The number of hydrogen-bond donors (Lipinski definition) is 1. The molecule has 0 aliphatic carbocycles. The quantitative estimate of drug-likeness (QED) is 0.502. The van der Waals surface area contributed by atoms with E-state index in [4.69, 9.17) is 27.9 Å². The van der Waals surface area contributed by atoms with Crippen LogP contribution in [-0.2, 0) is 21.2 Å². The SMILES string of the molecule is CC(C)(C)OC(=O)n1ccnc1N1CCc2cc(NS(=O)(=O)c3cc(Cl)cc(Cl)c3)ccc21. The third-order valence-electron chi connectivity index (χ3n) is 4.83. The number of carbonyl (C=O) groups excluding carboxylic acids is 1. The molecule has 11 heteroatoms. The van der Waals surface area contributed by atoms with Crippen LogP contribution < -0.4 is 9.62 Å². The van der Waals surface area contributed by atoms with E-state index in [0.717, 1.165) is 11.3 Å². The number of imidazole rings is 1. The highest BCUT2D eigenvalue weighted by molar-refractivity contribution is 7.92. The van der Waals surface area contributed by atoms with Gasteiger partial charge in [0.1, 0.15) is 5.60 Å². The Morgan fingerprint density at radius 1 is 1.12 bits per heavy atom. The number of rotatable bonds is 4. The fraction of sp³-hybridized carbons (Fsp3) is 0.273. The molecular weight excluding hydrogens is 487 g/mol. The molecule has 0 fully saturated rings. The van der Waals surface area contributed by atoms with Crippen LogP contribution in [0.2, 0.25) is 10.0 Å². The van der Waals surface area contributed by atoms with Crippen molar-refractivity contribution in [1.82, 2.24) is 9.55 Å². The average molecular weight is 509 g/mol. The summed E-state index contributed by atoms with van der Waals surface area (Å²) in [6.45, 7) is 5.97. The number of hydrogen-bond acceptors (Lipinski definition) is 6. The summed E-state index contributed by atoms with van der Waals surface area (Å²) in [5.74, 6) is 0.435. The zero-order valence-corrected chi connectivity index (χ0v) is 20.5. The number of sulfonamides is 1. The Hall–Kier alpha value is -2.75. The highest BCUT2D eigenvalue weighted by Crippen LogP contribution is 2.36. The molecule has 33 heavy (non-hydrogen) atoms. The fourth-order valence-corrected chi connectivity index (χ4v) is 5.29. The van der Waals surface area contributed by atoms with E-state index in [1.54, 1.807) is 45.2 Å². The van der Waals surface area contributed by atoms with Crippen molar-refractivity contribution in [3.8, 4) is 0 Å². The third kappa shape index (κ3) is 5.10. The topological polar surface area (TPSA) is 93.5 Å². The van der Waals surface area contributed by atoms with Crippen molar-refractivity contribution in [2.75, 3.05) is 16.2 Å². The van der Waals surface area contributed by atoms with Crippen molar-refractivity contribution < 1.29 is 17.9 Å². The molecule has 0 saturated carbocycles. The van der Waals surface area contributed by atoms with E-state index in [1.165, 1.54) is 29.0 Å².